The molecule has 1 aliphatic carbocycles. The summed E-state index contributed by atoms with van der Waals surface area (Å²) in [5.41, 5.74) is 3.91. The lowest BCUT2D eigenvalue weighted by Crippen LogP contribution is -2.51. The Morgan fingerprint density at radius 3 is 2.17 bits per heavy atom. The Balaban J connectivity index is 1.26. The van der Waals surface area contributed by atoms with Crippen molar-refractivity contribution in [3.05, 3.63) is 140 Å². The van der Waals surface area contributed by atoms with Gasteiger partial charge in [0.25, 0.3) is 11.8 Å². The first-order valence-corrected chi connectivity index (χ1v) is 15.9. The minimum absolute atomic E-state index is 0.0379. The first kappa shape index (κ1) is 33.5. The highest BCUT2D eigenvalue weighted by Gasteiger charge is 2.28. The fourth-order valence-electron chi connectivity index (χ4n) is 5.39. The van der Waals surface area contributed by atoms with Crippen molar-refractivity contribution >= 4 is 47.0 Å². The van der Waals surface area contributed by atoms with E-state index in [9.17, 15) is 19.2 Å². The number of aryl methyl sites for hydroxylation is 1. The van der Waals surface area contributed by atoms with Crippen molar-refractivity contribution in [2.75, 3.05) is 6.54 Å². The van der Waals surface area contributed by atoms with E-state index in [1.807, 2.05) is 79.7 Å². The smallest absolute Gasteiger partial charge is 0.330 e. The van der Waals surface area contributed by atoms with Gasteiger partial charge in [-0.1, -0.05) is 108 Å². The molecule has 9 nitrogen and oxygen atoms in total. The summed E-state index contributed by atoms with van der Waals surface area (Å²) in [5.74, 6) is -1.98. The highest BCUT2D eigenvalue weighted by atomic mass is 35.5. The van der Waals surface area contributed by atoms with Crippen LogP contribution in [-0.2, 0) is 22.6 Å². The average molecular weight is 674 g/mol. The van der Waals surface area contributed by atoms with Gasteiger partial charge in [-0.2, -0.15) is 0 Å². The van der Waals surface area contributed by atoms with E-state index in [0.29, 0.717) is 0 Å². The molecule has 4 aromatic carbocycles. The van der Waals surface area contributed by atoms with Crippen LogP contribution in [0.25, 0.3) is 0 Å². The molecule has 4 aromatic rings. The summed E-state index contributed by atoms with van der Waals surface area (Å²) in [5, 5.41) is 10.9. The third-order valence-electron chi connectivity index (χ3n) is 7.90. The Morgan fingerprint density at radius 2 is 1.47 bits per heavy atom. The lowest BCUT2D eigenvalue weighted by Gasteiger charge is -2.21. The quantitative estimate of drug-likeness (QED) is 0.139. The standard InChI is InChI=1S/C36H34Cl2N4O5/c1-22(24-12-6-3-7-13-24)40-33(43)26-18-28(37)32(29(38)19-26)34(44)41-31(35(45)47-21-23-10-4-2-5-11-23)20-39-36(46)42-30-17-16-25-14-8-9-15-27(25)30/h2-15,18-19,22,30-31H,16-17,20-21H2,1H3,(H,40,43)(H,41,44)(H2,39,42,46)/t22-,30+,31?/m0/s1. The molecule has 0 aromatic heterocycles. The number of hydrogen-bond acceptors (Lipinski definition) is 5. The predicted molar refractivity (Wildman–Crippen MR) is 180 cm³/mol. The zero-order valence-electron chi connectivity index (χ0n) is 25.6. The Morgan fingerprint density at radius 1 is 0.830 bits per heavy atom. The summed E-state index contributed by atoms with van der Waals surface area (Å²) in [6, 6.07) is 26.8. The van der Waals surface area contributed by atoms with E-state index in [1.54, 1.807) is 12.1 Å². The topological polar surface area (TPSA) is 126 Å². The third kappa shape index (κ3) is 8.69. The van der Waals surface area contributed by atoms with Crippen molar-refractivity contribution in [2.45, 2.75) is 44.5 Å². The summed E-state index contributed by atoms with van der Waals surface area (Å²) in [6.07, 6.45) is 1.60. The van der Waals surface area contributed by atoms with Gasteiger partial charge < -0.3 is 26.0 Å². The zero-order chi connectivity index (χ0) is 33.3. The van der Waals surface area contributed by atoms with Crippen LogP contribution < -0.4 is 21.3 Å². The molecule has 11 heteroatoms. The van der Waals surface area contributed by atoms with E-state index < -0.39 is 29.9 Å². The largest absolute Gasteiger partial charge is 0.459 e. The molecular formula is C36H34Cl2N4O5. The number of nitrogens with one attached hydrogen (secondary N) is 4. The maximum atomic E-state index is 13.5. The van der Waals surface area contributed by atoms with Gasteiger partial charge in [0.2, 0.25) is 0 Å². The molecule has 1 unspecified atom stereocenters. The van der Waals surface area contributed by atoms with E-state index in [1.165, 1.54) is 17.7 Å². The number of fused-ring (bicyclic) bond motifs is 1. The summed E-state index contributed by atoms with van der Waals surface area (Å²) < 4.78 is 5.48. The third-order valence-corrected chi connectivity index (χ3v) is 8.49. The maximum absolute atomic E-state index is 13.5. The van der Waals surface area contributed by atoms with Crippen LogP contribution in [0, 0.1) is 0 Å². The minimum atomic E-state index is -1.28. The van der Waals surface area contributed by atoms with Crippen molar-refractivity contribution in [2.24, 2.45) is 0 Å². The van der Waals surface area contributed by atoms with Gasteiger partial charge in [0.05, 0.1) is 34.2 Å². The number of ether oxygens (including phenoxy) is 1. The van der Waals surface area contributed by atoms with Crippen molar-refractivity contribution in [3.8, 4) is 0 Å². The van der Waals surface area contributed by atoms with Gasteiger partial charge in [-0.3, -0.25) is 9.59 Å². The Hall–Kier alpha value is -4.86. The number of amides is 4. The molecule has 0 fully saturated rings. The summed E-state index contributed by atoms with van der Waals surface area (Å²) in [6.45, 7) is 1.53. The second-order valence-electron chi connectivity index (χ2n) is 11.2. The summed E-state index contributed by atoms with van der Waals surface area (Å²) in [7, 11) is 0. The molecule has 0 spiro atoms. The molecule has 0 aliphatic heterocycles. The monoisotopic (exact) mass is 672 g/mol. The predicted octanol–water partition coefficient (Wildman–Crippen LogP) is 6.31. The van der Waals surface area contributed by atoms with E-state index in [2.05, 4.69) is 21.3 Å². The lowest BCUT2D eigenvalue weighted by atomic mass is 10.1. The number of halogens is 2. The van der Waals surface area contributed by atoms with Crippen molar-refractivity contribution in [3.63, 3.8) is 0 Å². The van der Waals surface area contributed by atoms with Gasteiger partial charge in [-0.25, -0.2) is 9.59 Å². The molecular weight excluding hydrogens is 639 g/mol. The van der Waals surface area contributed by atoms with Crippen molar-refractivity contribution in [1.29, 1.82) is 0 Å². The Kier molecular flexibility index (Phi) is 11.1. The minimum Gasteiger partial charge on any atom is -0.459 e. The number of carbonyl (C=O) groups excluding carboxylic acids is 4. The van der Waals surface area contributed by atoms with Crippen LogP contribution in [-0.4, -0.2) is 36.4 Å². The molecule has 242 valence electrons. The molecule has 0 saturated heterocycles. The first-order chi connectivity index (χ1) is 22.7. The normalized spacial score (nSPS) is 14.7. The van der Waals surface area contributed by atoms with Crippen LogP contribution in [0.3, 0.4) is 0 Å². The van der Waals surface area contributed by atoms with Crippen LogP contribution in [0.15, 0.2) is 97.1 Å². The number of carbonyl (C=O) groups is 4. The van der Waals surface area contributed by atoms with E-state index in [0.717, 1.165) is 29.5 Å². The van der Waals surface area contributed by atoms with Gasteiger partial charge in [0.15, 0.2) is 0 Å². The number of hydrogen-bond donors (Lipinski definition) is 4. The van der Waals surface area contributed by atoms with E-state index in [-0.39, 0.29) is 46.4 Å². The number of rotatable bonds is 11. The molecule has 0 radical (unpaired) electrons. The highest BCUT2D eigenvalue weighted by Crippen LogP contribution is 2.30. The second-order valence-corrected chi connectivity index (χ2v) is 12.0. The molecule has 0 bridgehead atoms. The van der Waals surface area contributed by atoms with Crippen LogP contribution >= 0.6 is 23.2 Å². The second kappa shape index (κ2) is 15.6. The molecule has 1 aliphatic rings. The van der Waals surface area contributed by atoms with Crippen LogP contribution in [0.1, 0.15) is 68.4 Å². The summed E-state index contributed by atoms with van der Waals surface area (Å²) >= 11 is 12.9. The van der Waals surface area contributed by atoms with Gasteiger partial charge in [-0.15, -0.1) is 0 Å². The Labute approximate surface area is 283 Å². The van der Waals surface area contributed by atoms with Crippen LogP contribution in [0.5, 0.6) is 0 Å². The Bertz CT molecular complexity index is 1730. The zero-order valence-corrected chi connectivity index (χ0v) is 27.1. The average Bonchev–Trinajstić information content (AvgIpc) is 3.48. The van der Waals surface area contributed by atoms with Gasteiger partial charge in [-0.05, 0) is 54.2 Å². The maximum Gasteiger partial charge on any atom is 0.330 e. The lowest BCUT2D eigenvalue weighted by molar-refractivity contribution is -0.147. The molecule has 0 saturated carbocycles. The van der Waals surface area contributed by atoms with Gasteiger partial charge in [0.1, 0.15) is 12.6 Å². The molecule has 47 heavy (non-hydrogen) atoms. The number of benzene rings is 4. The SMILES string of the molecule is C[C@H](NC(=O)c1cc(Cl)c(C(=O)NC(CNC(=O)N[C@@H]2CCc3ccccc32)C(=O)OCc2ccccc2)c(Cl)c1)c1ccccc1. The molecule has 4 amide bonds. The highest BCUT2D eigenvalue weighted by molar-refractivity contribution is 6.40. The fourth-order valence-corrected chi connectivity index (χ4v) is 6.05. The summed E-state index contributed by atoms with van der Waals surface area (Å²) in [4.78, 5) is 52.5. The van der Waals surface area contributed by atoms with Crippen molar-refractivity contribution < 1.29 is 23.9 Å². The van der Waals surface area contributed by atoms with Gasteiger partial charge in [0, 0.05) is 5.56 Å². The van der Waals surface area contributed by atoms with E-state index >= 15 is 0 Å². The molecule has 4 N–H and O–H groups in total. The molecule has 0 heterocycles. The van der Waals surface area contributed by atoms with Crippen molar-refractivity contribution in [1.82, 2.24) is 21.3 Å². The molecule has 5 rings (SSSR count). The first-order valence-electron chi connectivity index (χ1n) is 15.2. The van der Waals surface area contributed by atoms with E-state index in [4.69, 9.17) is 27.9 Å². The number of esters is 1. The van der Waals surface area contributed by atoms with Crippen LogP contribution in [0.2, 0.25) is 10.0 Å². The van der Waals surface area contributed by atoms with Gasteiger partial charge >= 0.3 is 12.0 Å². The fraction of sp³-hybridized carbons (Fsp3) is 0.222. The molecule has 3 atom stereocenters. The van der Waals surface area contributed by atoms with Crippen LogP contribution in [0.4, 0.5) is 4.79 Å². The number of urea groups is 1.